The predicted octanol–water partition coefficient (Wildman–Crippen LogP) is 1.44. The molecule has 120 valence electrons. The molecule has 1 atom stereocenters. The van der Waals surface area contributed by atoms with Gasteiger partial charge in [0.05, 0.1) is 17.6 Å². The van der Waals surface area contributed by atoms with Gasteiger partial charge in [-0.05, 0) is 26.0 Å². The van der Waals surface area contributed by atoms with Crippen LogP contribution in [0.4, 0.5) is 4.79 Å². The lowest BCUT2D eigenvalue weighted by Crippen LogP contribution is -2.41. The Morgan fingerprint density at radius 1 is 1.39 bits per heavy atom. The van der Waals surface area contributed by atoms with Crippen LogP contribution in [0, 0.1) is 6.92 Å². The molecule has 0 saturated carbocycles. The SMILES string of the molecule is Cc1ccc(C(=O)CN2C(=O)NC(C)(c3cnn(C)c3)C2=O)s1. The van der Waals surface area contributed by atoms with Gasteiger partial charge in [-0.25, -0.2) is 4.79 Å². The van der Waals surface area contributed by atoms with Crippen molar-refractivity contribution in [3.63, 3.8) is 0 Å². The molecule has 0 aliphatic carbocycles. The molecule has 1 fully saturated rings. The van der Waals surface area contributed by atoms with Crippen molar-refractivity contribution < 1.29 is 14.4 Å². The average Bonchev–Trinajstić information content (AvgIpc) is 3.16. The summed E-state index contributed by atoms with van der Waals surface area (Å²) in [5.74, 6) is -0.695. The Labute approximate surface area is 136 Å². The maximum atomic E-state index is 12.7. The van der Waals surface area contributed by atoms with E-state index in [1.807, 2.05) is 13.0 Å². The summed E-state index contributed by atoms with van der Waals surface area (Å²) in [6, 6.07) is 2.98. The summed E-state index contributed by atoms with van der Waals surface area (Å²) < 4.78 is 1.56. The van der Waals surface area contributed by atoms with Crippen LogP contribution in [0.1, 0.15) is 27.0 Å². The lowest BCUT2D eigenvalue weighted by Gasteiger charge is -2.19. The summed E-state index contributed by atoms with van der Waals surface area (Å²) in [4.78, 5) is 39.6. The number of hydrogen-bond acceptors (Lipinski definition) is 5. The maximum absolute atomic E-state index is 12.7. The molecule has 3 heterocycles. The van der Waals surface area contributed by atoms with Gasteiger partial charge in [0.25, 0.3) is 5.91 Å². The molecule has 0 spiro atoms. The number of amides is 3. The Bertz CT molecular complexity index is 809. The molecule has 1 aliphatic rings. The van der Waals surface area contributed by atoms with Crippen LogP contribution in [-0.4, -0.2) is 38.9 Å². The summed E-state index contributed by atoms with van der Waals surface area (Å²) in [5, 5.41) is 6.69. The minimum Gasteiger partial charge on any atom is -0.319 e. The van der Waals surface area contributed by atoms with E-state index in [-0.39, 0.29) is 12.3 Å². The van der Waals surface area contributed by atoms with Gasteiger partial charge in [-0.2, -0.15) is 5.10 Å². The zero-order chi connectivity index (χ0) is 16.8. The molecule has 0 aromatic carbocycles. The zero-order valence-electron chi connectivity index (χ0n) is 13.0. The molecule has 7 nitrogen and oxygen atoms in total. The fourth-order valence-electron chi connectivity index (χ4n) is 2.52. The van der Waals surface area contributed by atoms with Crippen LogP contribution < -0.4 is 5.32 Å². The number of thiophene rings is 1. The molecule has 1 saturated heterocycles. The number of ketones is 1. The van der Waals surface area contributed by atoms with Crippen molar-refractivity contribution in [2.24, 2.45) is 7.05 Å². The summed E-state index contributed by atoms with van der Waals surface area (Å²) in [5.41, 5.74) is -0.614. The highest BCUT2D eigenvalue weighted by molar-refractivity contribution is 7.14. The van der Waals surface area contributed by atoms with Crippen LogP contribution >= 0.6 is 11.3 Å². The molecular weight excluding hydrogens is 316 g/mol. The van der Waals surface area contributed by atoms with Crippen molar-refractivity contribution in [1.82, 2.24) is 20.0 Å². The molecule has 3 rings (SSSR count). The molecule has 2 aromatic heterocycles. The van der Waals surface area contributed by atoms with E-state index in [4.69, 9.17) is 0 Å². The van der Waals surface area contributed by atoms with Crippen LogP contribution in [0.15, 0.2) is 24.5 Å². The van der Waals surface area contributed by atoms with Crippen LogP contribution in [0.25, 0.3) is 0 Å². The van der Waals surface area contributed by atoms with Gasteiger partial charge < -0.3 is 5.32 Å². The quantitative estimate of drug-likeness (QED) is 0.678. The number of aryl methyl sites for hydroxylation is 2. The number of carbonyl (C=O) groups is 3. The number of Topliss-reactive ketones (excluding diaryl/α,β-unsaturated/α-hetero) is 1. The second-order valence-corrected chi connectivity index (χ2v) is 6.97. The number of imide groups is 1. The number of carbonyl (C=O) groups excluding carboxylic acids is 3. The number of nitrogens with one attached hydrogen (secondary N) is 1. The summed E-state index contributed by atoms with van der Waals surface area (Å²) >= 11 is 1.35. The van der Waals surface area contributed by atoms with Crippen molar-refractivity contribution in [3.8, 4) is 0 Å². The van der Waals surface area contributed by atoms with E-state index < -0.39 is 17.5 Å². The monoisotopic (exact) mass is 332 g/mol. The molecule has 1 N–H and O–H groups in total. The Kier molecular flexibility index (Phi) is 3.56. The Hall–Kier alpha value is -2.48. The molecule has 2 aromatic rings. The first-order valence-corrected chi connectivity index (χ1v) is 7.86. The van der Waals surface area contributed by atoms with E-state index >= 15 is 0 Å². The third kappa shape index (κ3) is 2.55. The highest BCUT2D eigenvalue weighted by Gasteiger charge is 2.50. The molecule has 23 heavy (non-hydrogen) atoms. The average molecular weight is 332 g/mol. The summed E-state index contributed by atoms with van der Waals surface area (Å²) in [7, 11) is 1.73. The van der Waals surface area contributed by atoms with E-state index in [1.165, 1.54) is 17.5 Å². The first-order chi connectivity index (χ1) is 10.8. The van der Waals surface area contributed by atoms with Gasteiger partial charge in [0.2, 0.25) is 0 Å². The molecular formula is C15H16N4O3S. The van der Waals surface area contributed by atoms with Crippen molar-refractivity contribution in [2.75, 3.05) is 6.54 Å². The van der Waals surface area contributed by atoms with Crippen LogP contribution in [-0.2, 0) is 17.4 Å². The van der Waals surface area contributed by atoms with E-state index in [0.717, 1.165) is 9.78 Å². The second kappa shape index (κ2) is 5.31. The van der Waals surface area contributed by atoms with Crippen LogP contribution in [0.5, 0.6) is 0 Å². The molecule has 1 aliphatic heterocycles. The van der Waals surface area contributed by atoms with Crippen molar-refractivity contribution >= 4 is 29.1 Å². The Balaban J connectivity index is 1.83. The Morgan fingerprint density at radius 3 is 2.70 bits per heavy atom. The van der Waals surface area contributed by atoms with Crippen molar-refractivity contribution in [1.29, 1.82) is 0 Å². The molecule has 1 unspecified atom stereocenters. The predicted molar refractivity (Wildman–Crippen MR) is 84.2 cm³/mol. The largest absolute Gasteiger partial charge is 0.325 e. The zero-order valence-corrected chi connectivity index (χ0v) is 13.8. The number of aromatic nitrogens is 2. The van der Waals surface area contributed by atoms with Gasteiger partial charge in [0.1, 0.15) is 5.54 Å². The van der Waals surface area contributed by atoms with Gasteiger partial charge in [-0.1, -0.05) is 0 Å². The fourth-order valence-corrected chi connectivity index (χ4v) is 3.32. The molecule has 3 amide bonds. The Morgan fingerprint density at radius 2 is 2.13 bits per heavy atom. The minimum absolute atomic E-state index is 0.248. The highest BCUT2D eigenvalue weighted by atomic mass is 32.1. The lowest BCUT2D eigenvalue weighted by molar-refractivity contribution is -0.130. The summed E-state index contributed by atoms with van der Waals surface area (Å²) in [6.45, 7) is 3.25. The highest BCUT2D eigenvalue weighted by Crippen LogP contribution is 2.28. The normalized spacial score (nSPS) is 20.9. The third-order valence-electron chi connectivity index (χ3n) is 3.87. The van der Waals surface area contributed by atoms with Gasteiger partial charge in [0, 0.05) is 23.7 Å². The lowest BCUT2D eigenvalue weighted by atomic mass is 9.95. The number of nitrogens with zero attached hydrogens (tertiary/aromatic N) is 3. The molecule has 0 bridgehead atoms. The first-order valence-electron chi connectivity index (χ1n) is 7.04. The molecule has 8 heteroatoms. The number of hydrogen-bond donors (Lipinski definition) is 1. The van der Waals surface area contributed by atoms with Crippen molar-refractivity contribution in [2.45, 2.75) is 19.4 Å². The van der Waals surface area contributed by atoms with Gasteiger partial charge in [-0.3, -0.25) is 19.2 Å². The number of urea groups is 1. The van der Waals surface area contributed by atoms with Crippen LogP contribution in [0.3, 0.4) is 0 Å². The van der Waals surface area contributed by atoms with Crippen LogP contribution in [0.2, 0.25) is 0 Å². The van der Waals surface area contributed by atoms with E-state index in [0.29, 0.717) is 10.4 Å². The first kappa shape index (κ1) is 15.4. The van der Waals surface area contributed by atoms with Gasteiger partial charge in [-0.15, -0.1) is 11.3 Å². The van der Waals surface area contributed by atoms with Crippen molar-refractivity contribution in [3.05, 3.63) is 39.8 Å². The van der Waals surface area contributed by atoms with E-state index in [9.17, 15) is 14.4 Å². The second-order valence-electron chi connectivity index (χ2n) is 5.68. The van der Waals surface area contributed by atoms with Gasteiger partial charge in [0.15, 0.2) is 5.78 Å². The topological polar surface area (TPSA) is 84.3 Å². The fraction of sp³-hybridized carbons (Fsp3) is 0.333. The van der Waals surface area contributed by atoms with Gasteiger partial charge >= 0.3 is 6.03 Å². The standard InChI is InChI=1S/C15H16N4O3S/c1-9-4-5-12(23-9)11(20)8-19-13(21)15(2,17-14(19)22)10-6-16-18(3)7-10/h4-7H,8H2,1-3H3,(H,17,22). The number of rotatable bonds is 4. The maximum Gasteiger partial charge on any atom is 0.325 e. The van der Waals surface area contributed by atoms with E-state index in [1.54, 1.807) is 30.9 Å². The third-order valence-corrected chi connectivity index (χ3v) is 4.92. The minimum atomic E-state index is -1.20. The molecule has 0 radical (unpaired) electrons. The smallest absolute Gasteiger partial charge is 0.319 e. The van der Waals surface area contributed by atoms with E-state index in [2.05, 4.69) is 10.4 Å². The summed E-state index contributed by atoms with van der Waals surface area (Å²) in [6.07, 6.45) is 3.21.